The summed E-state index contributed by atoms with van der Waals surface area (Å²) in [6.45, 7) is 0.536. The van der Waals surface area contributed by atoms with Gasteiger partial charge in [0.1, 0.15) is 5.82 Å². The number of rotatable bonds is 4. The first kappa shape index (κ1) is 14.5. The minimum absolute atomic E-state index is 0.0559. The lowest BCUT2D eigenvalue weighted by Gasteiger charge is -2.27. The molecular weight excluding hydrogens is 273 g/mol. The van der Waals surface area contributed by atoms with Crippen LogP contribution in [-0.2, 0) is 6.18 Å². The number of nitrogens with one attached hydrogen (secondary N) is 1. The van der Waals surface area contributed by atoms with Crippen LogP contribution in [0.15, 0.2) is 18.3 Å². The molecule has 19 heavy (non-hydrogen) atoms. The predicted octanol–water partition coefficient (Wildman–Crippen LogP) is 4.19. The number of hydrogen-bond acceptors (Lipinski definition) is 3. The van der Waals surface area contributed by atoms with Gasteiger partial charge < -0.3 is 5.32 Å². The van der Waals surface area contributed by atoms with E-state index in [1.165, 1.54) is 12.3 Å². The number of anilines is 1. The Morgan fingerprint density at radius 2 is 2.05 bits per heavy atom. The topological polar surface area (TPSA) is 24.9 Å². The van der Waals surface area contributed by atoms with Crippen LogP contribution >= 0.6 is 11.8 Å². The minimum atomic E-state index is -4.36. The highest BCUT2D eigenvalue weighted by molar-refractivity contribution is 8.00. The first-order valence-corrected chi connectivity index (χ1v) is 7.51. The standard InChI is InChI=1S/C13H17F3N2S/c1-19-12(6-2-3-7-12)9-18-11-10(13(14,15)16)5-4-8-17-11/h4-5,8H,2-3,6-7,9H2,1H3,(H,17,18). The van der Waals surface area contributed by atoms with Gasteiger partial charge in [0.25, 0.3) is 0 Å². The van der Waals surface area contributed by atoms with Crippen LogP contribution in [0.1, 0.15) is 31.2 Å². The van der Waals surface area contributed by atoms with Gasteiger partial charge in [0, 0.05) is 17.5 Å². The van der Waals surface area contributed by atoms with E-state index in [4.69, 9.17) is 0 Å². The van der Waals surface area contributed by atoms with Crippen LogP contribution in [-0.4, -0.2) is 22.5 Å². The van der Waals surface area contributed by atoms with E-state index in [9.17, 15) is 13.2 Å². The molecule has 0 amide bonds. The highest BCUT2D eigenvalue weighted by Gasteiger charge is 2.36. The third-order valence-electron chi connectivity index (χ3n) is 3.64. The van der Waals surface area contributed by atoms with Gasteiger partial charge in [-0.3, -0.25) is 0 Å². The number of alkyl halides is 3. The van der Waals surface area contributed by atoms with E-state index < -0.39 is 11.7 Å². The first-order valence-electron chi connectivity index (χ1n) is 6.28. The molecule has 1 fully saturated rings. The quantitative estimate of drug-likeness (QED) is 0.900. The molecule has 1 N–H and O–H groups in total. The van der Waals surface area contributed by atoms with Crippen molar-refractivity contribution in [2.45, 2.75) is 36.6 Å². The lowest BCUT2D eigenvalue weighted by Crippen LogP contribution is -2.31. The molecule has 0 saturated heterocycles. The van der Waals surface area contributed by atoms with Crippen molar-refractivity contribution >= 4 is 17.6 Å². The van der Waals surface area contributed by atoms with Crippen LogP contribution in [0, 0.1) is 0 Å². The van der Waals surface area contributed by atoms with Crippen LogP contribution < -0.4 is 5.32 Å². The van der Waals surface area contributed by atoms with Crippen LogP contribution in [0.25, 0.3) is 0 Å². The molecule has 0 atom stereocenters. The van der Waals surface area contributed by atoms with E-state index in [0.29, 0.717) is 6.54 Å². The molecule has 1 saturated carbocycles. The Kier molecular flexibility index (Phi) is 4.28. The van der Waals surface area contributed by atoms with Gasteiger partial charge in [-0.05, 0) is 31.2 Å². The highest BCUT2D eigenvalue weighted by atomic mass is 32.2. The average Bonchev–Trinajstić information content (AvgIpc) is 2.85. The Bertz CT molecular complexity index is 428. The molecule has 0 radical (unpaired) electrons. The monoisotopic (exact) mass is 290 g/mol. The third kappa shape index (κ3) is 3.35. The summed E-state index contributed by atoms with van der Waals surface area (Å²) in [4.78, 5) is 3.83. The molecule has 0 aromatic carbocycles. The molecule has 2 nitrogen and oxygen atoms in total. The molecular formula is C13H17F3N2S. The summed E-state index contributed by atoms with van der Waals surface area (Å²) in [5.74, 6) is -0.0599. The van der Waals surface area contributed by atoms with E-state index in [1.807, 2.05) is 6.26 Å². The van der Waals surface area contributed by atoms with Crippen molar-refractivity contribution in [3.8, 4) is 0 Å². The van der Waals surface area contributed by atoms with Crippen molar-refractivity contribution in [2.24, 2.45) is 0 Å². The smallest absolute Gasteiger partial charge is 0.368 e. The molecule has 0 spiro atoms. The Morgan fingerprint density at radius 1 is 1.37 bits per heavy atom. The molecule has 0 aliphatic heterocycles. The predicted molar refractivity (Wildman–Crippen MR) is 72.4 cm³/mol. The molecule has 106 valence electrons. The maximum absolute atomic E-state index is 12.8. The molecule has 1 aliphatic rings. The van der Waals surface area contributed by atoms with Gasteiger partial charge >= 0.3 is 6.18 Å². The van der Waals surface area contributed by atoms with E-state index in [-0.39, 0.29) is 10.6 Å². The Morgan fingerprint density at radius 3 is 2.63 bits per heavy atom. The van der Waals surface area contributed by atoms with E-state index in [1.54, 1.807) is 11.8 Å². The Hall–Kier alpha value is -0.910. The zero-order chi connectivity index (χ0) is 13.9. The molecule has 0 bridgehead atoms. The number of nitrogens with zero attached hydrogens (tertiary/aromatic N) is 1. The van der Waals surface area contributed by atoms with Gasteiger partial charge in [0.2, 0.25) is 0 Å². The number of aromatic nitrogens is 1. The van der Waals surface area contributed by atoms with Crippen LogP contribution in [0.2, 0.25) is 0 Å². The van der Waals surface area contributed by atoms with E-state index >= 15 is 0 Å². The molecule has 1 heterocycles. The molecule has 1 aliphatic carbocycles. The van der Waals surface area contributed by atoms with E-state index in [0.717, 1.165) is 31.7 Å². The largest absolute Gasteiger partial charge is 0.419 e. The van der Waals surface area contributed by atoms with Gasteiger partial charge in [-0.25, -0.2) is 4.98 Å². The molecule has 2 rings (SSSR count). The van der Waals surface area contributed by atoms with Gasteiger partial charge in [0.05, 0.1) is 5.56 Å². The van der Waals surface area contributed by atoms with Gasteiger partial charge in [-0.2, -0.15) is 24.9 Å². The van der Waals surface area contributed by atoms with Crippen molar-refractivity contribution in [3.05, 3.63) is 23.9 Å². The normalized spacial score (nSPS) is 18.5. The van der Waals surface area contributed by atoms with Crippen molar-refractivity contribution in [1.82, 2.24) is 4.98 Å². The van der Waals surface area contributed by atoms with Crippen molar-refractivity contribution < 1.29 is 13.2 Å². The second-order valence-electron chi connectivity index (χ2n) is 4.85. The van der Waals surface area contributed by atoms with Crippen molar-refractivity contribution in [1.29, 1.82) is 0 Å². The Balaban J connectivity index is 2.11. The summed E-state index contributed by atoms with van der Waals surface area (Å²) in [6.07, 6.45) is 3.45. The fourth-order valence-electron chi connectivity index (χ4n) is 2.49. The second kappa shape index (κ2) is 5.61. The summed E-state index contributed by atoms with van der Waals surface area (Å²) >= 11 is 1.74. The fourth-order valence-corrected chi connectivity index (χ4v) is 3.41. The first-order chi connectivity index (χ1) is 8.97. The highest BCUT2D eigenvalue weighted by Crippen LogP contribution is 2.41. The Labute approximate surface area is 115 Å². The van der Waals surface area contributed by atoms with Crippen LogP contribution in [0.3, 0.4) is 0 Å². The van der Waals surface area contributed by atoms with Gasteiger partial charge in [0.15, 0.2) is 0 Å². The van der Waals surface area contributed by atoms with Crippen LogP contribution in [0.4, 0.5) is 19.0 Å². The zero-order valence-corrected chi connectivity index (χ0v) is 11.6. The van der Waals surface area contributed by atoms with Crippen LogP contribution in [0.5, 0.6) is 0 Å². The minimum Gasteiger partial charge on any atom is -0.368 e. The average molecular weight is 290 g/mol. The zero-order valence-electron chi connectivity index (χ0n) is 10.8. The van der Waals surface area contributed by atoms with E-state index in [2.05, 4.69) is 10.3 Å². The second-order valence-corrected chi connectivity index (χ2v) is 6.12. The summed E-state index contributed by atoms with van der Waals surface area (Å²) in [6, 6.07) is 2.38. The summed E-state index contributed by atoms with van der Waals surface area (Å²) in [5.41, 5.74) is -0.691. The maximum atomic E-state index is 12.8. The summed E-state index contributed by atoms with van der Waals surface area (Å²) in [5, 5.41) is 2.90. The van der Waals surface area contributed by atoms with Crippen molar-refractivity contribution in [2.75, 3.05) is 18.1 Å². The number of thioether (sulfide) groups is 1. The lowest BCUT2D eigenvalue weighted by molar-refractivity contribution is -0.137. The van der Waals surface area contributed by atoms with Crippen molar-refractivity contribution in [3.63, 3.8) is 0 Å². The molecule has 1 aromatic heterocycles. The van der Waals surface area contributed by atoms with Gasteiger partial charge in [-0.1, -0.05) is 12.8 Å². The maximum Gasteiger partial charge on any atom is 0.419 e. The number of pyridine rings is 1. The molecule has 6 heteroatoms. The molecule has 0 unspecified atom stereocenters. The lowest BCUT2D eigenvalue weighted by atomic mass is 10.1. The molecule has 1 aromatic rings. The summed E-state index contributed by atoms with van der Waals surface area (Å²) in [7, 11) is 0. The summed E-state index contributed by atoms with van der Waals surface area (Å²) < 4.78 is 38.6. The fraction of sp³-hybridized carbons (Fsp3) is 0.615. The number of hydrogen-bond donors (Lipinski definition) is 1. The van der Waals surface area contributed by atoms with Gasteiger partial charge in [-0.15, -0.1) is 0 Å². The third-order valence-corrected chi connectivity index (χ3v) is 5.06. The SMILES string of the molecule is CSC1(CNc2ncccc2C(F)(F)F)CCCC1. The number of halogens is 3.